The van der Waals surface area contributed by atoms with Gasteiger partial charge in [0.1, 0.15) is 12.6 Å². The van der Waals surface area contributed by atoms with E-state index >= 15 is 0 Å². The number of nitrogens with zero attached hydrogens (tertiary/aromatic N) is 2. The maximum atomic E-state index is 14.0. The van der Waals surface area contributed by atoms with E-state index in [0.29, 0.717) is 11.4 Å². The van der Waals surface area contributed by atoms with Gasteiger partial charge in [-0.2, -0.15) is 0 Å². The van der Waals surface area contributed by atoms with E-state index in [1.807, 2.05) is 20.8 Å². The molecule has 1 atom stereocenters. The number of sulfonamides is 1. The Morgan fingerprint density at radius 3 is 1.98 bits per heavy atom. The van der Waals surface area contributed by atoms with E-state index in [-0.39, 0.29) is 39.1 Å². The first-order valence-corrected chi connectivity index (χ1v) is 15.3. The Balaban J connectivity index is 2.09. The van der Waals surface area contributed by atoms with E-state index in [1.165, 1.54) is 35.2 Å². The van der Waals surface area contributed by atoms with Gasteiger partial charge in [-0.3, -0.25) is 13.9 Å². The number of anilines is 1. The largest absolute Gasteiger partial charge is 0.352 e. The fraction of sp³-hybridized carbons (Fsp3) is 0.310. The molecule has 3 rings (SSSR count). The number of halogens is 3. The maximum Gasteiger partial charge on any atom is 0.264 e. The van der Waals surface area contributed by atoms with Crippen molar-refractivity contribution in [1.29, 1.82) is 0 Å². The van der Waals surface area contributed by atoms with Gasteiger partial charge >= 0.3 is 0 Å². The summed E-state index contributed by atoms with van der Waals surface area (Å²) >= 11 is 18.5. The molecule has 0 saturated heterocycles. The standard InChI is InChI=1S/C29H32Cl3N3O4S/c1-5-27(29(37)33-19(2)3)34(17-21-8-10-22(30)11-9-21)28(36)18-35(25-15-23(31)14-24(32)16-25)40(38,39)26-12-6-20(4)7-13-26/h6-16,19,27H,5,17-18H2,1-4H3,(H,33,37)/t27-/m1/s1. The quantitative estimate of drug-likeness (QED) is 0.265. The first-order valence-electron chi connectivity index (χ1n) is 12.7. The zero-order valence-corrected chi connectivity index (χ0v) is 25.8. The summed E-state index contributed by atoms with van der Waals surface area (Å²) in [4.78, 5) is 28.6. The lowest BCUT2D eigenvalue weighted by Gasteiger charge is -2.33. The van der Waals surface area contributed by atoms with Crippen molar-refractivity contribution < 1.29 is 18.0 Å². The number of benzene rings is 3. The van der Waals surface area contributed by atoms with Gasteiger partial charge in [-0.1, -0.05) is 71.6 Å². The summed E-state index contributed by atoms with van der Waals surface area (Å²) in [7, 11) is -4.23. The lowest BCUT2D eigenvalue weighted by Crippen LogP contribution is -2.53. The van der Waals surface area contributed by atoms with Gasteiger partial charge in [0.25, 0.3) is 10.0 Å². The summed E-state index contributed by atoms with van der Waals surface area (Å²) in [5.74, 6) is -0.911. The molecule has 0 aliphatic heterocycles. The molecule has 2 amide bonds. The summed E-state index contributed by atoms with van der Waals surface area (Å²) in [6.45, 7) is 6.77. The SMILES string of the molecule is CC[C@H](C(=O)NC(C)C)N(Cc1ccc(Cl)cc1)C(=O)CN(c1cc(Cl)cc(Cl)c1)S(=O)(=O)c1ccc(C)cc1. The van der Waals surface area contributed by atoms with E-state index < -0.39 is 28.5 Å². The molecule has 0 aliphatic rings. The second-order valence-electron chi connectivity index (χ2n) is 9.69. The molecule has 0 saturated carbocycles. The van der Waals surface area contributed by atoms with Gasteiger partial charge in [0.2, 0.25) is 11.8 Å². The first-order chi connectivity index (χ1) is 18.8. The summed E-state index contributed by atoms with van der Waals surface area (Å²) < 4.78 is 28.8. The zero-order valence-electron chi connectivity index (χ0n) is 22.7. The van der Waals surface area contributed by atoms with Crippen LogP contribution in [0.2, 0.25) is 15.1 Å². The molecule has 0 heterocycles. The molecule has 0 bridgehead atoms. The van der Waals surface area contributed by atoms with Gasteiger partial charge in [-0.25, -0.2) is 8.42 Å². The highest BCUT2D eigenvalue weighted by molar-refractivity contribution is 7.92. The molecular weight excluding hydrogens is 593 g/mol. The molecule has 214 valence electrons. The molecule has 0 spiro atoms. The number of nitrogens with one attached hydrogen (secondary N) is 1. The normalized spacial score (nSPS) is 12.2. The zero-order chi connectivity index (χ0) is 29.6. The highest BCUT2D eigenvalue weighted by Crippen LogP contribution is 2.30. The van der Waals surface area contributed by atoms with Crippen molar-refractivity contribution in [3.8, 4) is 0 Å². The van der Waals surface area contributed by atoms with Crippen LogP contribution in [0.4, 0.5) is 5.69 Å². The van der Waals surface area contributed by atoms with Gasteiger partial charge < -0.3 is 10.2 Å². The third kappa shape index (κ3) is 8.13. The Labute approximate surface area is 251 Å². The second kappa shape index (κ2) is 13.7. The molecule has 7 nitrogen and oxygen atoms in total. The molecule has 3 aromatic carbocycles. The summed E-state index contributed by atoms with van der Waals surface area (Å²) in [5.41, 5.74) is 1.73. The third-order valence-corrected chi connectivity index (χ3v) is 8.58. The summed E-state index contributed by atoms with van der Waals surface area (Å²) in [5, 5.41) is 3.81. The molecule has 11 heteroatoms. The van der Waals surface area contributed by atoms with Crippen molar-refractivity contribution >= 4 is 62.3 Å². The van der Waals surface area contributed by atoms with Gasteiger partial charge in [0.15, 0.2) is 0 Å². The Kier molecular flexibility index (Phi) is 10.9. The predicted molar refractivity (Wildman–Crippen MR) is 162 cm³/mol. The van der Waals surface area contributed by atoms with Crippen LogP contribution in [0.15, 0.2) is 71.6 Å². The second-order valence-corrected chi connectivity index (χ2v) is 12.9. The van der Waals surface area contributed by atoms with Crippen LogP contribution in [-0.4, -0.2) is 43.8 Å². The highest BCUT2D eigenvalue weighted by Gasteiger charge is 2.34. The van der Waals surface area contributed by atoms with Crippen LogP contribution in [0.5, 0.6) is 0 Å². The fourth-order valence-electron chi connectivity index (χ4n) is 4.14. The van der Waals surface area contributed by atoms with Crippen LogP contribution in [0.25, 0.3) is 0 Å². The van der Waals surface area contributed by atoms with Crippen molar-refractivity contribution in [2.24, 2.45) is 0 Å². The Hall–Kier alpha value is -2.78. The number of aryl methyl sites for hydroxylation is 1. The maximum absolute atomic E-state index is 14.0. The lowest BCUT2D eigenvalue weighted by atomic mass is 10.1. The minimum atomic E-state index is -4.23. The number of hydrogen-bond acceptors (Lipinski definition) is 4. The van der Waals surface area contributed by atoms with E-state index in [2.05, 4.69) is 5.32 Å². The molecule has 0 unspecified atom stereocenters. The summed E-state index contributed by atoms with van der Waals surface area (Å²) in [6, 6.07) is 16.5. The van der Waals surface area contributed by atoms with Crippen molar-refractivity contribution in [3.63, 3.8) is 0 Å². The molecule has 0 aromatic heterocycles. The number of carbonyl (C=O) groups excluding carboxylic acids is 2. The minimum Gasteiger partial charge on any atom is -0.352 e. The van der Waals surface area contributed by atoms with Gasteiger partial charge in [0.05, 0.1) is 10.6 Å². The molecule has 3 aromatic rings. The van der Waals surface area contributed by atoms with Gasteiger partial charge in [-0.05, 0) is 75.2 Å². The molecule has 40 heavy (non-hydrogen) atoms. The van der Waals surface area contributed by atoms with E-state index in [1.54, 1.807) is 43.3 Å². The van der Waals surface area contributed by atoms with Crippen LogP contribution >= 0.6 is 34.8 Å². The molecule has 0 aliphatic carbocycles. The van der Waals surface area contributed by atoms with Crippen molar-refractivity contribution in [3.05, 3.63) is 92.9 Å². The number of carbonyl (C=O) groups is 2. The molecule has 1 N–H and O–H groups in total. The average molecular weight is 625 g/mol. The smallest absolute Gasteiger partial charge is 0.264 e. The van der Waals surface area contributed by atoms with Crippen LogP contribution in [0.3, 0.4) is 0 Å². The molecule has 0 radical (unpaired) electrons. The van der Waals surface area contributed by atoms with E-state index in [9.17, 15) is 18.0 Å². The summed E-state index contributed by atoms with van der Waals surface area (Å²) in [6.07, 6.45) is 0.311. The molecular formula is C29H32Cl3N3O4S. The van der Waals surface area contributed by atoms with E-state index in [4.69, 9.17) is 34.8 Å². The molecule has 0 fully saturated rings. The van der Waals surface area contributed by atoms with Crippen molar-refractivity contribution in [2.45, 2.75) is 57.6 Å². The number of hydrogen-bond donors (Lipinski definition) is 1. The monoisotopic (exact) mass is 623 g/mol. The lowest BCUT2D eigenvalue weighted by molar-refractivity contribution is -0.140. The third-order valence-electron chi connectivity index (χ3n) is 6.11. The van der Waals surface area contributed by atoms with Crippen LogP contribution < -0.4 is 9.62 Å². The van der Waals surface area contributed by atoms with E-state index in [0.717, 1.165) is 15.4 Å². The van der Waals surface area contributed by atoms with Gasteiger partial charge in [0, 0.05) is 27.7 Å². The highest BCUT2D eigenvalue weighted by atomic mass is 35.5. The van der Waals surface area contributed by atoms with Crippen molar-refractivity contribution in [2.75, 3.05) is 10.8 Å². The number of rotatable bonds is 11. The first kappa shape index (κ1) is 31.7. The number of amides is 2. The van der Waals surface area contributed by atoms with Crippen LogP contribution in [0, 0.1) is 6.92 Å². The van der Waals surface area contributed by atoms with Gasteiger partial charge in [-0.15, -0.1) is 0 Å². The predicted octanol–water partition coefficient (Wildman–Crippen LogP) is 6.48. The van der Waals surface area contributed by atoms with Crippen LogP contribution in [-0.2, 0) is 26.2 Å². The Morgan fingerprint density at radius 2 is 1.45 bits per heavy atom. The van der Waals surface area contributed by atoms with Crippen LogP contribution in [0.1, 0.15) is 38.3 Å². The Bertz CT molecular complexity index is 1430. The topological polar surface area (TPSA) is 86.8 Å². The minimum absolute atomic E-state index is 0.00385. The average Bonchev–Trinajstić information content (AvgIpc) is 2.87. The fourth-order valence-corrected chi connectivity index (χ4v) is 6.17. The Morgan fingerprint density at radius 1 is 0.875 bits per heavy atom. The van der Waals surface area contributed by atoms with Crippen molar-refractivity contribution in [1.82, 2.24) is 10.2 Å².